The highest BCUT2D eigenvalue weighted by Crippen LogP contribution is 2.51. The zero-order valence-electron chi connectivity index (χ0n) is 32.0. The molecule has 2 aromatic heterocycles. The lowest BCUT2D eigenvalue weighted by molar-refractivity contribution is 0.115. The van der Waals surface area contributed by atoms with Gasteiger partial charge in [-0.15, -0.1) is 0 Å². The van der Waals surface area contributed by atoms with Crippen molar-refractivity contribution < 1.29 is 29.1 Å². The van der Waals surface area contributed by atoms with Crippen LogP contribution in [0.4, 0.5) is 5.82 Å². The molecule has 4 aromatic rings. The molecule has 0 amide bonds. The molecule has 0 spiro atoms. The summed E-state index contributed by atoms with van der Waals surface area (Å²) in [5.41, 5.74) is 2.28. The average molecular weight is 707 g/mol. The van der Waals surface area contributed by atoms with Crippen molar-refractivity contribution in [1.29, 1.82) is 0 Å². The predicted molar refractivity (Wildman–Crippen MR) is 196 cm³/mol. The minimum Gasteiger partial charge on any atom is -0.487 e. The van der Waals surface area contributed by atoms with Gasteiger partial charge in [0, 0.05) is 17.3 Å². The lowest BCUT2D eigenvalue weighted by Gasteiger charge is -2.49. The third kappa shape index (κ3) is 8.35. The van der Waals surface area contributed by atoms with Crippen LogP contribution in [0.1, 0.15) is 86.9 Å². The summed E-state index contributed by atoms with van der Waals surface area (Å²) < 4.78 is 57.5. The molecule has 50 heavy (non-hydrogen) atoms. The van der Waals surface area contributed by atoms with Gasteiger partial charge in [0.2, 0.25) is 11.6 Å². The maximum Gasteiger partial charge on any atom is 0.264 e. The van der Waals surface area contributed by atoms with E-state index in [4.69, 9.17) is 15.6 Å². The SMILES string of the molecule is [2H]C(C)(C)Oc1ccccc1Oc1c(NS(=O)(=O)c2ccc(C(CC)(C(C)C)C(C)(C)C)c(C)c2)nc(-c2nccc(C)n2)nc1OCC(C)O. The zero-order valence-corrected chi connectivity index (χ0v) is 31.8. The van der Waals surface area contributed by atoms with Gasteiger partial charge in [-0.05, 0) is 93.8 Å². The van der Waals surface area contributed by atoms with Crippen LogP contribution in [0, 0.1) is 25.2 Å². The van der Waals surface area contributed by atoms with Crippen LogP contribution < -0.4 is 18.9 Å². The number of ether oxygens (including phenoxy) is 3. The van der Waals surface area contributed by atoms with Gasteiger partial charge in [0.1, 0.15) is 6.61 Å². The minimum absolute atomic E-state index is 0.0236. The zero-order chi connectivity index (χ0) is 37.9. The van der Waals surface area contributed by atoms with Gasteiger partial charge < -0.3 is 19.3 Å². The van der Waals surface area contributed by atoms with Crippen LogP contribution in [0.15, 0.2) is 59.6 Å². The first-order valence-electron chi connectivity index (χ1n) is 17.3. The third-order valence-corrected chi connectivity index (χ3v) is 10.1. The topological polar surface area (TPSA) is 146 Å². The van der Waals surface area contributed by atoms with Crippen molar-refractivity contribution in [3.8, 4) is 34.8 Å². The number of para-hydroxylation sites is 2. The number of anilines is 1. The molecule has 0 aliphatic rings. The number of aryl methyl sites for hydroxylation is 2. The Hall–Kier alpha value is -4.29. The number of sulfonamides is 1. The predicted octanol–water partition coefficient (Wildman–Crippen LogP) is 8.04. The van der Waals surface area contributed by atoms with Gasteiger partial charge >= 0.3 is 0 Å². The first-order valence-corrected chi connectivity index (χ1v) is 18.3. The number of aliphatic hydroxyl groups is 1. The minimum atomic E-state index is -4.30. The van der Waals surface area contributed by atoms with Crippen LogP contribution in [0.3, 0.4) is 0 Å². The van der Waals surface area contributed by atoms with E-state index in [2.05, 4.69) is 66.2 Å². The van der Waals surface area contributed by atoms with Crippen molar-refractivity contribution in [3.05, 3.63) is 71.5 Å². The largest absolute Gasteiger partial charge is 0.487 e. The van der Waals surface area contributed by atoms with Gasteiger partial charge in [0.25, 0.3) is 15.9 Å². The number of aromatic nitrogens is 4. The molecule has 2 atom stereocenters. The average Bonchev–Trinajstić information content (AvgIpc) is 3.01. The molecule has 270 valence electrons. The van der Waals surface area contributed by atoms with Crippen molar-refractivity contribution in [1.82, 2.24) is 19.9 Å². The molecule has 2 heterocycles. The van der Waals surface area contributed by atoms with E-state index < -0.39 is 22.2 Å². The molecule has 0 bridgehead atoms. The van der Waals surface area contributed by atoms with Crippen molar-refractivity contribution in [2.45, 2.75) is 105 Å². The highest BCUT2D eigenvalue weighted by atomic mass is 32.2. The Balaban J connectivity index is 1.92. The van der Waals surface area contributed by atoms with E-state index in [9.17, 15) is 13.5 Å². The number of nitrogens with one attached hydrogen (secondary N) is 1. The maximum absolute atomic E-state index is 14.3. The molecule has 0 aliphatic heterocycles. The summed E-state index contributed by atoms with van der Waals surface area (Å²) in [5.74, 6) is 0.108. The van der Waals surface area contributed by atoms with Crippen LogP contribution in [-0.4, -0.2) is 52.3 Å². The van der Waals surface area contributed by atoms with Gasteiger partial charge in [-0.2, -0.15) is 4.98 Å². The van der Waals surface area contributed by atoms with E-state index in [1.807, 2.05) is 13.0 Å². The number of hydrogen-bond donors (Lipinski definition) is 2. The van der Waals surface area contributed by atoms with E-state index in [0.717, 1.165) is 17.5 Å². The van der Waals surface area contributed by atoms with E-state index in [1.54, 1.807) is 63.2 Å². The van der Waals surface area contributed by atoms with Crippen molar-refractivity contribution in [3.63, 3.8) is 0 Å². The summed E-state index contributed by atoms with van der Waals surface area (Å²) in [6, 6.07) is 13.5. The molecule has 0 saturated carbocycles. The second-order valence-electron chi connectivity index (χ2n) is 14.1. The Kier molecular flexibility index (Phi) is 11.3. The second kappa shape index (κ2) is 15.3. The van der Waals surface area contributed by atoms with Gasteiger partial charge in [0.15, 0.2) is 23.1 Å². The Bertz CT molecular complexity index is 1960. The summed E-state index contributed by atoms with van der Waals surface area (Å²) in [5, 5.41) is 10.1. The van der Waals surface area contributed by atoms with E-state index in [1.165, 1.54) is 13.1 Å². The number of hydrogen-bond acceptors (Lipinski definition) is 10. The first kappa shape index (κ1) is 37.0. The van der Waals surface area contributed by atoms with Gasteiger partial charge in [-0.1, -0.05) is 59.7 Å². The molecule has 11 nitrogen and oxygen atoms in total. The summed E-state index contributed by atoms with van der Waals surface area (Å²) >= 11 is 0. The number of rotatable bonds is 14. The monoisotopic (exact) mass is 706 g/mol. The molecule has 0 radical (unpaired) electrons. The van der Waals surface area contributed by atoms with Gasteiger partial charge in [-0.3, -0.25) is 4.72 Å². The standard InChI is InChI=1S/C38H51N5O6S/c1-12-38(23(2)3,37(9,10)11)29-18-17-28(21-25(29)6)50(45,46)43-33-32(49-31-16-14-13-15-30(31)48-24(4)5)36(47-22-27(8)44)42-35(41-33)34-39-20-19-26(7)40-34/h13-21,23-24,27,44H,12,22H2,1-11H3,(H,41,42,43)/i24D. The Morgan fingerprint density at radius 3 is 2.18 bits per heavy atom. The number of benzene rings is 2. The van der Waals surface area contributed by atoms with Crippen LogP contribution in [0.25, 0.3) is 11.6 Å². The molecule has 12 heteroatoms. The second-order valence-corrected chi connectivity index (χ2v) is 15.8. The number of nitrogens with zero attached hydrogens (tertiary/aromatic N) is 4. The maximum atomic E-state index is 14.3. The van der Waals surface area contributed by atoms with Gasteiger partial charge in [-0.25, -0.2) is 23.4 Å². The van der Waals surface area contributed by atoms with Crippen molar-refractivity contribution in [2.75, 3.05) is 11.3 Å². The van der Waals surface area contributed by atoms with Crippen LogP contribution >= 0.6 is 0 Å². The van der Waals surface area contributed by atoms with Crippen molar-refractivity contribution >= 4 is 15.8 Å². The lowest BCUT2D eigenvalue weighted by Crippen LogP contribution is -2.44. The molecule has 0 fully saturated rings. The fourth-order valence-electron chi connectivity index (χ4n) is 6.69. The highest BCUT2D eigenvalue weighted by molar-refractivity contribution is 7.92. The molecule has 2 N–H and O–H groups in total. The first-order chi connectivity index (χ1) is 23.7. The van der Waals surface area contributed by atoms with E-state index in [0.29, 0.717) is 5.69 Å². The lowest BCUT2D eigenvalue weighted by atomic mass is 9.55. The van der Waals surface area contributed by atoms with Crippen LogP contribution in [0.2, 0.25) is 0 Å². The molecule has 0 aliphatic carbocycles. The Morgan fingerprint density at radius 1 is 0.940 bits per heavy atom. The molecular weight excluding hydrogens is 655 g/mol. The summed E-state index contributed by atoms with van der Waals surface area (Å²) in [6.07, 6.45) is 0.196. The summed E-state index contributed by atoms with van der Waals surface area (Å²) in [6.45, 7) is 21.4. The molecule has 0 saturated heterocycles. The summed E-state index contributed by atoms with van der Waals surface area (Å²) in [4.78, 5) is 17.8. The molecule has 2 unspecified atom stereocenters. The highest BCUT2D eigenvalue weighted by Gasteiger charge is 2.45. The molecule has 4 rings (SSSR count). The Labute approximate surface area is 298 Å². The van der Waals surface area contributed by atoms with Crippen molar-refractivity contribution in [2.24, 2.45) is 11.3 Å². The normalized spacial score (nSPS) is 14.5. The number of aliphatic hydroxyl groups excluding tert-OH is 1. The van der Waals surface area contributed by atoms with E-state index >= 15 is 0 Å². The van der Waals surface area contributed by atoms with Crippen LogP contribution in [0.5, 0.6) is 23.1 Å². The Morgan fingerprint density at radius 2 is 1.62 bits per heavy atom. The molecular formula is C38H51N5O6S. The fourth-order valence-corrected chi connectivity index (χ4v) is 7.78. The molecule has 2 aromatic carbocycles. The van der Waals surface area contributed by atoms with E-state index in [-0.39, 0.29) is 68.8 Å². The van der Waals surface area contributed by atoms with Gasteiger partial charge in [0.05, 0.1) is 18.5 Å². The summed E-state index contributed by atoms with van der Waals surface area (Å²) in [7, 11) is -4.30. The van der Waals surface area contributed by atoms with Crippen LogP contribution in [-0.2, 0) is 15.4 Å². The third-order valence-electron chi connectivity index (χ3n) is 8.77. The fraction of sp³-hybridized carbons (Fsp3) is 0.474. The smallest absolute Gasteiger partial charge is 0.264 e. The quantitative estimate of drug-likeness (QED) is 0.132.